The van der Waals surface area contributed by atoms with Crippen LogP contribution in [-0.4, -0.2) is 11.7 Å². The molecule has 0 saturated carbocycles. The van der Waals surface area contributed by atoms with E-state index < -0.39 is 0 Å². The van der Waals surface area contributed by atoms with Crippen LogP contribution in [0.15, 0.2) is 47.1 Å². The first kappa shape index (κ1) is 9.80. The summed E-state index contributed by atoms with van der Waals surface area (Å²) in [6.07, 6.45) is 1.63. The molecule has 0 radical (unpaired) electrons. The van der Waals surface area contributed by atoms with Crippen molar-refractivity contribution < 1.29 is 9.52 Å². The summed E-state index contributed by atoms with van der Waals surface area (Å²) in [7, 11) is 0. The van der Waals surface area contributed by atoms with E-state index in [2.05, 4.69) is 0 Å². The molecule has 0 spiro atoms. The van der Waals surface area contributed by atoms with Crippen molar-refractivity contribution in [2.45, 2.75) is 5.92 Å². The van der Waals surface area contributed by atoms with E-state index in [0.717, 1.165) is 11.3 Å². The molecule has 3 heteroatoms. The monoisotopic (exact) mass is 203 g/mol. The van der Waals surface area contributed by atoms with Gasteiger partial charge in [-0.3, -0.25) is 0 Å². The molecule has 0 fully saturated rings. The smallest absolute Gasteiger partial charge is 0.115 e. The number of nitrogens with two attached hydrogens (primary N) is 1. The lowest BCUT2D eigenvalue weighted by molar-refractivity contribution is 0.469. The van der Waals surface area contributed by atoms with Gasteiger partial charge >= 0.3 is 0 Å². The maximum Gasteiger partial charge on any atom is 0.115 e. The highest BCUT2D eigenvalue weighted by Gasteiger charge is 2.15. The first-order valence-electron chi connectivity index (χ1n) is 4.83. The van der Waals surface area contributed by atoms with E-state index in [1.165, 1.54) is 0 Å². The summed E-state index contributed by atoms with van der Waals surface area (Å²) in [6, 6.07) is 10.8. The van der Waals surface area contributed by atoms with Gasteiger partial charge in [-0.2, -0.15) is 0 Å². The molecule has 3 nitrogen and oxygen atoms in total. The second-order valence-electron chi connectivity index (χ2n) is 3.40. The largest absolute Gasteiger partial charge is 0.508 e. The molecule has 0 aliphatic heterocycles. The summed E-state index contributed by atoms with van der Waals surface area (Å²) in [5, 5.41) is 9.38. The van der Waals surface area contributed by atoms with Crippen LogP contribution in [0.3, 0.4) is 0 Å². The fourth-order valence-electron chi connectivity index (χ4n) is 1.65. The van der Waals surface area contributed by atoms with Crippen LogP contribution in [0, 0.1) is 0 Å². The maximum absolute atomic E-state index is 9.38. The minimum atomic E-state index is 0.00657. The third-order valence-electron chi connectivity index (χ3n) is 2.39. The normalized spacial score (nSPS) is 12.6. The molecule has 0 saturated heterocycles. The van der Waals surface area contributed by atoms with Gasteiger partial charge in [0.25, 0.3) is 0 Å². The summed E-state index contributed by atoms with van der Waals surface area (Å²) in [6.45, 7) is 0.455. The van der Waals surface area contributed by atoms with E-state index in [-0.39, 0.29) is 11.7 Å². The SMILES string of the molecule is NCC(c1cccc(O)c1)c1ccco1. The second-order valence-corrected chi connectivity index (χ2v) is 3.40. The molecule has 1 aromatic heterocycles. The van der Waals surface area contributed by atoms with Crippen molar-refractivity contribution in [1.82, 2.24) is 0 Å². The Balaban J connectivity index is 2.35. The Kier molecular flexibility index (Phi) is 2.74. The summed E-state index contributed by atoms with van der Waals surface area (Å²) in [5.41, 5.74) is 6.67. The molecule has 2 rings (SSSR count). The number of phenols is 1. The van der Waals surface area contributed by atoms with Crippen LogP contribution in [0.4, 0.5) is 0 Å². The molecule has 1 aromatic carbocycles. The molecule has 0 bridgehead atoms. The molecule has 1 atom stereocenters. The van der Waals surface area contributed by atoms with Gasteiger partial charge in [-0.05, 0) is 29.8 Å². The Morgan fingerprint density at radius 3 is 2.73 bits per heavy atom. The first-order chi connectivity index (χ1) is 7.31. The maximum atomic E-state index is 9.38. The Morgan fingerprint density at radius 2 is 2.13 bits per heavy atom. The van der Waals surface area contributed by atoms with Gasteiger partial charge in [-0.15, -0.1) is 0 Å². The van der Waals surface area contributed by atoms with E-state index in [4.69, 9.17) is 10.2 Å². The zero-order valence-corrected chi connectivity index (χ0v) is 8.26. The van der Waals surface area contributed by atoms with Crippen LogP contribution in [0.25, 0.3) is 0 Å². The van der Waals surface area contributed by atoms with Crippen LogP contribution in [0.1, 0.15) is 17.2 Å². The van der Waals surface area contributed by atoms with Crippen LogP contribution in [-0.2, 0) is 0 Å². The van der Waals surface area contributed by atoms with Crippen molar-refractivity contribution in [3.05, 3.63) is 54.0 Å². The molecule has 0 amide bonds. The fourth-order valence-corrected chi connectivity index (χ4v) is 1.65. The molecule has 3 N–H and O–H groups in total. The molecule has 0 aliphatic rings. The van der Waals surface area contributed by atoms with Gasteiger partial charge in [0.05, 0.1) is 12.2 Å². The van der Waals surface area contributed by atoms with Gasteiger partial charge in [-0.25, -0.2) is 0 Å². The standard InChI is InChI=1S/C12H13NO2/c13-8-11(12-5-2-6-15-12)9-3-1-4-10(14)7-9/h1-7,11,14H,8,13H2. The van der Waals surface area contributed by atoms with Crippen molar-refractivity contribution in [3.63, 3.8) is 0 Å². The number of rotatable bonds is 3. The van der Waals surface area contributed by atoms with Crippen LogP contribution < -0.4 is 5.73 Å². The summed E-state index contributed by atoms with van der Waals surface area (Å²) < 4.78 is 5.32. The van der Waals surface area contributed by atoms with Gasteiger partial charge in [0, 0.05) is 6.54 Å². The molecular formula is C12H13NO2. The highest BCUT2D eigenvalue weighted by atomic mass is 16.3. The van der Waals surface area contributed by atoms with E-state index in [0.29, 0.717) is 6.54 Å². The lowest BCUT2D eigenvalue weighted by atomic mass is 9.96. The lowest BCUT2D eigenvalue weighted by Crippen LogP contribution is -2.12. The minimum absolute atomic E-state index is 0.00657. The zero-order valence-electron chi connectivity index (χ0n) is 8.26. The van der Waals surface area contributed by atoms with E-state index in [1.54, 1.807) is 24.5 Å². The predicted molar refractivity (Wildman–Crippen MR) is 57.7 cm³/mol. The predicted octanol–water partition coefficient (Wildman–Crippen LogP) is 2.08. The summed E-state index contributed by atoms with van der Waals surface area (Å²) >= 11 is 0. The average Bonchev–Trinajstić information content (AvgIpc) is 2.72. The molecule has 0 aliphatic carbocycles. The molecule has 2 aromatic rings. The topological polar surface area (TPSA) is 59.4 Å². The zero-order chi connectivity index (χ0) is 10.7. The third-order valence-corrected chi connectivity index (χ3v) is 2.39. The average molecular weight is 203 g/mol. The molecule has 1 unspecified atom stereocenters. The van der Waals surface area contributed by atoms with E-state index in [1.807, 2.05) is 18.2 Å². The Bertz CT molecular complexity index is 423. The third kappa shape index (κ3) is 2.02. The van der Waals surface area contributed by atoms with Crippen molar-refractivity contribution in [1.29, 1.82) is 0 Å². The lowest BCUT2D eigenvalue weighted by Gasteiger charge is -2.12. The summed E-state index contributed by atoms with van der Waals surface area (Å²) in [4.78, 5) is 0. The quantitative estimate of drug-likeness (QED) is 0.802. The highest BCUT2D eigenvalue weighted by Crippen LogP contribution is 2.26. The minimum Gasteiger partial charge on any atom is -0.508 e. The van der Waals surface area contributed by atoms with Gasteiger partial charge < -0.3 is 15.3 Å². The van der Waals surface area contributed by atoms with Crippen LogP contribution >= 0.6 is 0 Å². The molecule has 78 valence electrons. The number of furan rings is 1. The second kappa shape index (κ2) is 4.19. The fraction of sp³-hybridized carbons (Fsp3) is 0.167. The number of hydrogen-bond donors (Lipinski definition) is 2. The van der Waals surface area contributed by atoms with Crippen LogP contribution in [0.2, 0.25) is 0 Å². The number of phenolic OH excluding ortho intramolecular Hbond substituents is 1. The number of benzene rings is 1. The van der Waals surface area contributed by atoms with Gasteiger partial charge in [0.15, 0.2) is 0 Å². The van der Waals surface area contributed by atoms with Gasteiger partial charge in [0.2, 0.25) is 0 Å². The Hall–Kier alpha value is -1.74. The first-order valence-corrected chi connectivity index (χ1v) is 4.83. The van der Waals surface area contributed by atoms with E-state index >= 15 is 0 Å². The summed E-state index contributed by atoms with van der Waals surface area (Å²) in [5.74, 6) is 1.08. The molecule has 1 heterocycles. The van der Waals surface area contributed by atoms with Crippen molar-refractivity contribution >= 4 is 0 Å². The van der Waals surface area contributed by atoms with Crippen LogP contribution in [0.5, 0.6) is 5.75 Å². The number of aromatic hydroxyl groups is 1. The van der Waals surface area contributed by atoms with Crippen molar-refractivity contribution in [2.24, 2.45) is 5.73 Å². The molecule has 15 heavy (non-hydrogen) atoms. The molecular weight excluding hydrogens is 190 g/mol. The van der Waals surface area contributed by atoms with Crippen molar-refractivity contribution in [2.75, 3.05) is 6.54 Å². The van der Waals surface area contributed by atoms with Crippen molar-refractivity contribution in [3.8, 4) is 5.75 Å². The Labute approximate surface area is 88.1 Å². The van der Waals surface area contributed by atoms with Gasteiger partial charge in [-0.1, -0.05) is 12.1 Å². The van der Waals surface area contributed by atoms with Gasteiger partial charge in [0.1, 0.15) is 11.5 Å². The van der Waals surface area contributed by atoms with E-state index in [9.17, 15) is 5.11 Å². The number of hydrogen-bond acceptors (Lipinski definition) is 3. The Morgan fingerprint density at radius 1 is 1.27 bits per heavy atom. The highest BCUT2D eigenvalue weighted by molar-refractivity contribution is 5.33.